The standard InChI is InChI=1S/C30H44N4O7S/c1-19-26(42-18-32-19)21-7-8-22(23(13-21)17-41-12-11-40-10-9-39-6)15-31-28(37)25-14-24(36)16-34(25)29(38)27(30(3,4)5)33-20(2)35/h7-8,13,18,24-25,27,36H,9-12,14-17H2,1-6H3,(H,31,37)(H,33,35)/t24-,25+,27-/m1/s1. The Bertz CT molecular complexity index is 1210. The maximum absolute atomic E-state index is 13.5. The molecule has 0 saturated carbocycles. The number of rotatable bonds is 14. The molecule has 0 aliphatic carbocycles. The van der Waals surface area contributed by atoms with Crippen molar-refractivity contribution >= 4 is 29.1 Å². The summed E-state index contributed by atoms with van der Waals surface area (Å²) < 4.78 is 16.4. The van der Waals surface area contributed by atoms with Crippen molar-refractivity contribution < 1.29 is 33.7 Å². The second-order valence-corrected chi connectivity index (χ2v) is 12.4. The van der Waals surface area contributed by atoms with Crippen LogP contribution in [0.5, 0.6) is 0 Å². The van der Waals surface area contributed by atoms with Crippen LogP contribution in [0, 0.1) is 12.3 Å². The average Bonchev–Trinajstić information content (AvgIpc) is 3.54. The predicted octanol–water partition coefficient (Wildman–Crippen LogP) is 2.43. The number of carbonyl (C=O) groups excluding carboxylic acids is 3. The fourth-order valence-electron chi connectivity index (χ4n) is 4.82. The molecular formula is C30H44N4O7S. The number of likely N-dealkylation sites (tertiary alicyclic amines) is 1. The molecule has 3 N–H and O–H groups in total. The highest BCUT2D eigenvalue weighted by Gasteiger charge is 2.44. The number of aryl methyl sites for hydroxylation is 1. The van der Waals surface area contributed by atoms with Crippen molar-refractivity contribution in [3.63, 3.8) is 0 Å². The summed E-state index contributed by atoms with van der Waals surface area (Å²) in [6.45, 7) is 11.3. The summed E-state index contributed by atoms with van der Waals surface area (Å²) in [6.07, 6.45) is -0.712. The molecule has 3 atom stereocenters. The van der Waals surface area contributed by atoms with Crippen LogP contribution in [-0.4, -0.2) is 91.0 Å². The lowest BCUT2D eigenvalue weighted by molar-refractivity contribution is -0.143. The second kappa shape index (κ2) is 15.5. The number of β-amino-alcohol motifs (C(OH)–C–C–N with tert-alkyl or cyclic N) is 1. The van der Waals surface area contributed by atoms with Crippen LogP contribution in [0.25, 0.3) is 10.4 Å². The van der Waals surface area contributed by atoms with Crippen LogP contribution in [0.3, 0.4) is 0 Å². The molecule has 2 heterocycles. The zero-order valence-corrected chi connectivity index (χ0v) is 26.2. The van der Waals surface area contributed by atoms with Gasteiger partial charge in [0, 0.05) is 33.5 Å². The molecule has 2 aromatic rings. The van der Waals surface area contributed by atoms with Gasteiger partial charge in [-0.2, -0.15) is 0 Å². The van der Waals surface area contributed by atoms with Crippen molar-refractivity contribution in [3.8, 4) is 10.4 Å². The maximum atomic E-state index is 13.5. The number of nitrogens with zero attached hydrogens (tertiary/aromatic N) is 2. The highest BCUT2D eigenvalue weighted by Crippen LogP contribution is 2.30. The van der Waals surface area contributed by atoms with E-state index in [0.29, 0.717) is 33.0 Å². The predicted molar refractivity (Wildman–Crippen MR) is 160 cm³/mol. The van der Waals surface area contributed by atoms with Crippen LogP contribution in [0.15, 0.2) is 23.7 Å². The molecule has 11 nitrogen and oxygen atoms in total. The normalized spacial score (nSPS) is 17.7. The molecule has 1 fully saturated rings. The van der Waals surface area contributed by atoms with E-state index in [9.17, 15) is 19.5 Å². The maximum Gasteiger partial charge on any atom is 0.246 e. The Labute approximate surface area is 251 Å². The van der Waals surface area contributed by atoms with Crippen LogP contribution >= 0.6 is 11.3 Å². The fraction of sp³-hybridized carbons (Fsp3) is 0.600. The van der Waals surface area contributed by atoms with Gasteiger partial charge in [-0.1, -0.05) is 32.9 Å². The van der Waals surface area contributed by atoms with E-state index in [1.807, 2.05) is 51.4 Å². The fourth-order valence-corrected chi connectivity index (χ4v) is 5.62. The number of hydrogen-bond acceptors (Lipinski definition) is 9. The molecule has 232 valence electrons. The quantitative estimate of drug-likeness (QED) is 0.280. The lowest BCUT2D eigenvalue weighted by Gasteiger charge is -2.35. The van der Waals surface area contributed by atoms with E-state index >= 15 is 0 Å². The van der Waals surface area contributed by atoms with E-state index in [1.165, 1.54) is 11.8 Å². The zero-order valence-electron chi connectivity index (χ0n) is 25.4. The lowest BCUT2D eigenvalue weighted by Crippen LogP contribution is -2.57. The Morgan fingerprint density at radius 1 is 1.14 bits per heavy atom. The molecule has 3 rings (SSSR count). The average molecular weight is 605 g/mol. The van der Waals surface area contributed by atoms with Gasteiger partial charge in [0.15, 0.2) is 0 Å². The molecule has 0 unspecified atom stereocenters. The smallest absolute Gasteiger partial charge is 0.246 e. The number of carbonyl (C=O) groups is 3. The third-order valence-corrected chi connectivity index (χ3v) is 8.03. The molecule has 42 heavy (non-hydrogen) atoms. The molecule has 1 saturated heterocycles. The lowest BCUT2D eigenvalue weighted by atomic mass is 9.85. The Hall–Kier alpha value is -2.90. The summed E-state index contributed by atoms with van der Waals surface area (Å²) in [5.41, 5.74) is 4.97. The molecule has 0 bridgehead atoms. The number of nitrogens with one attached hydrogen (secondary N) is 2. The molecular weight excluding hydrogens is 560 g/mol. The van der Waals surface area contributed by atoms with Gasteiger partial charge in [0.25, 0.3) is 0 Å². The van der Waals surface area contributed by atoms with Crippen LogP contribution in [0.4, 0.5) is 0 Å². The Morgan fingerprint density at radius 3 is 2.50 bits per heavy atom. The number of amides is 3. The molecule has 12 heteroatoms. The summed E-state index contributed by atoms with van der Waals surface area (Å²) >= 11 is 1.56. The highest BCUT2D eigenvalue weighted by molar-refractivity contribution is 7.13. The van der Waals surface area contributed by atoms with E-state index < -0.39 is 23.6 Å². The van der Waals surface area contributed by atoms with Crippen LogP contribution in [-0.2, 0) is 41.7 Å². The zero-order chi connectivity index (χ0) is 30.9. The van der Waals surface area contributed by atoms with E-state index in [2.05, 4.69) is 15.6 Å². The SMILES string of the molecule is COCCOCCOCc1cc(-c2scnc2C)ccc1CNC(=O)[C@@H]1C[C@@H](O)CN1C(=O)[C@@H](NC(C)=O)C(C)(C)C. The van der Waals surface area contributed by atoms with Crippen LogP contribution in [0.1, 0.15) is 50.9 Å². The summed E-state index contributed by atoms with van der Waals surface area (Å²) in [5.74, 6) is -1.09. The first-order chi connectivity index (χ1) is 19.9. The van der Waals surface area contributed by atoms with Gasteiger partial charge in [-0.15, -0.1) is 11.3 Å². The van der Waals surface area contributed by atoms with E-state index in [0.717, 1.165) is 27.3 Å². The van der Waals surface area contributed by atoms with Gasteiger partial charge in [-0.05, 0) is 35.1 Å². The monoisotopic (exact) mass is 604 g/mol. The number of benzene rings is 1. The van der Waals surface area contributed by atoms with Crippen molar-refractivity contribution in [2.24, 2.45) is 5.41 Å². The minimum absolute atomic E-state index is 0.0253. The summed E-state index contributed by atoms with van der Waals surface area (Å²) in [6, 6.07) is 4.32. The van der Waals surface area contributed by atoms with E-state index in [4.69, 9.17) is 14.2 Å². The van der Waals surface area contributed by atoms with Crippen molar-refractivity contribution in [1.29, 1.82) is 0 Å². The minimum Gasteiger partial charge on any atom is -0.391 e. The molecule has 0 spiro atoms. The van der Waals surface area contributed by atoms with Gasteiger partial charge >= 0.3 is 0 Å². The molecule has 1 aliphatic rings. The van der Waals surface area contributed by atoms with E-state index in [-0.39, 0.29) is 37.2 Å². The van der Waals surface area contributed by atoms with Crippen molar-refractivity contribution in [1.82, 2.24) is 20.5 Å². The summed E-state index contributed by atoms with van der Waals surface area (Å²) in [4.78, 5) is 45.5. The van der Waals surface area contributed by atoms with Crippen molar-refractivity contribution in [2.45, 2.75) is 72.4 Å². The Morgan fingerprint density at radius 2 is 1.86 bits per heavy atom. The molecule has 1 aromatic heterocycles. The number of methoxy groups -OCH3 is 1. The van der Waals surface area contributed by atoms with Gasteiger partial charge in [0.1, 0.15) is 12.1 Å². The molecule has 1 aromatic carbocycles. The number of aliphatic hydroxyl groups excluding tert-OH is 1. The number of thiazole rings is 1. The first kappa shape index (κ1) is 33.6. The Balaban J connectivity index is 1.73. The van der Waals surface area contributed by atoms with Gasteiger partial charge in [-0.3, -0.25) is 14.4 Å². The third-order valence-electron chi connectivity index (χ3n) is 7.05. The van der Waals surface area contributed by atoms with Crippen molar-refractivity contribution in [2.75, 3.05) is 40.1 Å². The minimum atomic E-state index is -0.853. The van der Waals surface area contributed by atoms with Crippen molar-refractivity contribution in [3.05, 3.63) is 40.5 Å². The first-order valence-corrected chi connectivity index (χ1v) is 15.0. The second-order valence-electron chi connectivity index (χ2n) is 11.5. The number of hydrogen-bond donors (Lipinski definition) is 3. The largest absolute Gasteiger partial charge is 0.391 e. The first-order valence-electron chi connectivity index (χ1n) is 14.1. The highest BCUT2D eigenvalue weighted by atomic mass is 32.1. The number of ether oxygens (including phenoxy) is 3. The number of aliphatic hydroxyl groups is 1. The number of aromatic nitrogens is 1. The van der Waals surface area contributed by atoms with Gasteiger partial charge in [0.05, 0.1) is 55.2 Å². The molecule has 0 radical (unpaired) electrons. The van der Waals surface area contributed by atoms with Gasteiger partial charge in [0.2, 0.25) is 17.7 Å². The summed E-state index contributed by atoms with van der Waals surface area (Å²) in [5, 5.41) is 16.1. The van der Waals surface area contributed by atoms with Crippen LogP contribution in [0.2, 0.25) is 0 Å². The van der Waals surface area contributed by atoms with Gasteiger partial charge < -0.3 is 34.9 Å². The third kappa shape index (κ3) is 9.30. The molecule has 3 amide bonds. The topological polar surface area (TPSA) is 139 Å². The van der Waals surface area contributed by atoms with E-state index in [1.54, 1.807) is 18.4 Å². The van der Waals surface area contributed by atoms with Crippen LogP contribution < -0.4 is 10.6 Å². The van der Waals surface area contributed by atoms with Gasteiger partial charge in [-0.25, -0.2) is 4.98 Å². The summed E-state index contributed by atoms with van der Waals surface area (Å²) in [7, 11) is 1.62. The Kier molecular flexibility index (Phi) is 12.4. The molecule has 1 aliphatic heterocycles.